The normalized spacial score (nSPS) is 33.3. The Balaban J connectivity index is 0.000000810. The molecule has 0 amide bonds. The molecule has 30 heteroatoms. The minimum absolute atomic E-state index is 0. The van der Waals surface area contributed by atoms with Gasteiger partial charge in [0.2, 0.25) is 16.8 Å². The monoisotopic (exact) mass is 1880 g/mol. The van der Waals surface area contributed by atoms with Crippen molar-refractivity contribution < 1.29 is 143 Å². The fourth-order valence-corrected chi connectivity index (χ4v) is 20.9. The molecule has 5 aliphatic heterocycles. The van der Waals surface area contributed by atoms with Crippen molar-refractivity contribution >= 4 is 89.5 Å². The Morgan fingerprint density at radius 2 is 0.705 bits per heavy atom. The van der Waals surface area contributed by atoms with Crippen LogP contribution in [0.2, 0.25) is 0 Å². The zero-order chi connectivity index (χ0) is 90.8. The molecule has 5 saturated heterocycles. The lowest BCUT2D eigenvalue weighted by molar-refractivity contribution is -0.204. The van der Waals surface area contributed by atoms with E-state index in [4.69, 9.17) is 71.1 Å². The molecule has 10 saturated carbocycles. The Morgan fingerprint density at radius 3 is 1.14 bits per heavy atom. The fourth-order valence-electron chi connectivity index (χ4n) is 20.9. The van der Waals surface area contributed by atoms with Crippen LogP contribution in [0.15, 0.2) is 0 Å². The maximum atomic E-state index is 12.8. The lowest BCUT2D eigenvalue weighted by atomic mass is 9.79. The maximum Gasteiger partial charge on any atom is 0.350 e. The molecule has 0 aromatic carbocycles. The van der Waals surface area contributed by atoms with Gasteiger partial charge in [0.05, 0.1) is 69.5 Å². The molecule has 10 aliphatic carbocycles. The Hall–Kier alpha value is -7.95. The summed E-state index contributed by atoms with van der Waals surface area (Å²) in [6, 6.07) is 0. The van der Waals surface area contributed by atoms with Crippen molar-refractivity contribution in [3.05, 3.63) is 0 Å². The molecule has 0 N–H and O–H groups in total. The summed E-state index contributed by atoms with van der Waals surface area (Å²) in [5.74, 6) is -4.01. The Bertz CT molecular complexity index is 4110. The predicted octanol–water partition coefficient (Wildman–Crippen LogP) is 18.3. The van der Waals surface area contributed by atoms with Gasteiger partial charge in [-0.05, 0) is 228 Å². The van der Waals surface area contributed by atoms with E-state index in [2.05, 4.69) is 0 Å². The van der Waals surface area contributed by atoms with Crippen LogP contribution in [-0.4, -0.2) is 179 Å². The van der Waals surface area contributed by atoms with E-state index < -0.39 is 121 Å². The zero-order valence-corrected chi connectivity index (χ0v) is 76.3. The Labute approximate surface area is 790 Å². The topological polar surface area (TPSA) is 394 Å². The molecule has 132 heavy (non-hydrogen) atoms. The SMILES string of the molecule is C.C.C.C.C.C.C.C.C.C.CCC(C)(C)C(=O)OC(C)(C)C(=O)OC1(C)C2CC3C(=O)OC1C3C2.CCC(C)(C)C(=O)OC(C)(C)C(=O)OC1C2CC3C(=O)OC1(C)C3C2.CCC(C)(C)C(=O)OC(C)(C)C(=O)OC1C2OC(=O)C3CC1(C)CC32.CCC(C)(C)C(=O)OCCC(=O)OC1(C)C2CC3C(=O)OC1C3C2.CCC(C)(C)C(=O)OCCC(=O)OC1C2CC3C(=O)OC1C3C2. The van der Waals surface area contributed by atoms with Crippen molar-refractivity contribution in [2.75, 3.05) is 13.2 Å². The summed E-state index contributed by atoms with van der Waals surface area (Å²) >= 11 is 0. The van der Waals surface area contributed by atoms with Crippen molar-refractivity contribution in [1.82, 2.24) is 0 Å². The highest BCUT2D eigenvalue weighted by atomic mass is 16.7. The van der Waals surface area contributed by atoms with E-state index >= 15 is 0 Å². The molecule has 15 rings (SSSR count). The second kappa shape index (κ2) is 43.2. The summed E-state index contributed by atoms with van der Waals surface area (Å²) in [4.78, 5) is 182. The number of ether oxygens (including phenoxy) is 15. The van der Waals surface area contributed by atoms with Gasteiger partial charge >= 0.3 is 89.5 Å². The van der Waals surface area contributed by atoms with Crippen LogP contribution in [0.25, 0.3) is 0 Å². The first kappa shape index (κ1) is 122. The molecule has 0 spiro atoms. The number of esters is 15. The first-order valence-electron chi connectivity index (χ1n) is 44.4. The van der Waals surface area contributed by atoms with Crippen LogP contribution in [0.4, 0.5) is 0 Å². The molecule has 25 unspecified atom stereocenters. The molecule has 0 radical (unpaired) electrons. The van der Waals surface area contributed by atoms with Gasteiger partial charge in [0.1, 0.15) is 72.7 Å². The summed E-state index contributed by atoms with van der Waals surface area (Å²) in [6.07, 6.45) is 8.53. The molecular formula is C102H174O30. The standard InChI is InChI=1S/3C19H28O6.C18H26O6.C17H24O6.10CH4/c1-7-17(2,3)15(21)25-18(4,5)16(22)24-13-12-10-8-19(13,6)9-11(10)14(20)23-12;1-7-17(2,3)15(21)24-18(4,5)16(22)25-19(6)10-8-11-12(9-10)14(20)23-13(11)19;1-7-17(2,3)15(21)25-18(4,5)16(22)23-13-10-8-11-12(9-10)19(13,6)24-14(11)20;1-5-17(2,3)16(21)22-7-6-13(19)24-18(4)10-8-11-12(9-10)15(20)23-14(11)18;1-4-17(2,3)16(20)21-6-5-12(18)22-13-9-7-10-11(8-9)15(19)23-14(10)13;;;;;;;;;;/h3*10-13H,7-9H2,1-6H3;10-12,14H,5-9H2,1-4H3;9-11,13-14H,4-8H2,1-3H3;10*1H4. The van der Waals surface area contributed by atoms with Crippen LogP contribution in [0, 0.1) is 115 Å². The third-order valence-corrected chi connectivity index (χ3v) is 31.2. The summed E-state index contributed by atoms with van der Waals surface area (Å²) in [6.45, 7) is 44.3. The lowest BCUT2D eigenvalue weighted by Crippen LogP contribution is -2.52. The molecule has 10 bridgehead atoms. The quantitative estimate of drug-likeness (QED) is 0.0544. The van der Waals surface area contributed by atoms with Crippen LogP contribution >= 0.6 is 0 Å². The zero-order valence-electron chi connectivity index (χ0n) is 76.3. The highest BCUT2D eigenvalue weighted by Crippen LogP contribution is 2.66. The number of hydrogen-bond donors (Lipinski definition) is 0. The van der Waals surface area contributed by atoms with Crippen LogP contribution in [-0.2, 0) is 143 Å². The maximum absolute atomic E-state index is 12.8. The van der Waals surface area contributed by atoms with Gasteiger partial charge in [0.25, 0.3) is 0 Å². The molecule has 762 valence electrons. The Kier molecular flexibility index (Phi) is 39.9. The molecule has 25 atom stereocenters. The van der Waals surface area contributed by atoms with Crippen molar-refractivity contribution in [3.8, 4) is 0 Å². The number of hydrogen-bond acceptors (Lipinski definition) is 30. The average Bonchev–Trinajstić information content (AvgIpc) is 1.55. The van der Waals surface area contributed by atoms with Crippen LogP contribution in [0.3, 0.4) is 0 Å². The van der Waals surface area contributed by atoms with E-state index in [0.717, 1.165) is 44.9 Å². The largest absolute Gasteiger partial charge is 0.465 e. The van der Waals surface area contributed by atoms with Crippen molar-refractivity contribution in [2.24, 2.45) is 115 Å². The van der Waals surface area contributed by atoms with Gasteiger partial charge in [-0.1, -0.05) is 116 Å². The Morgan fingerprint density at radius 1 is 0.341 bits per heavy atom. The van der Waals surface area contributed by atoms with Crippen LogP contribution in [0.1, 0.15) is 357 Å². The molecular weight excluding hydrogens is 1710 g/mol. The molecule has 0 aromatic heterocycles. The highest BCUT2D eigenvalue weighted by Gasteiger charge is 2.74. The van der Waals surface area contributed by atoms with Crippen molar-refractivity contribution in [1.29, 1.82) is 0 Å². The first-order chi connectivity index (χ1) is 56.3. The summed E-state index contributed by atoms with van der Waals surface area (Å²) in [7, 11) is 0. The first-order valence-corrected chi connectivity index (χ1v) is 44.4. The molecule has 15 aliphatic rings. The van der Waals surface area contributed by atoms with Gasteiger partial charge in [0.15, 0.2) is 0 Å². The van der Waals surface area contributed by atoms with E-state index in [1.165, 1.54) is 27.7 Å². The second-order valence-corrected chi connectivity index (χ2v) is 42.8. The van der Waals surface area contributed by atoms with Gasteiger partial charge in [-0.15, -0.1) is 0 Å². The summed E-state index contributed by atoms with van der Waals surface area (Å²) in [5.41, 5.74) is -9.81. The second-order valence-electron chi connectivity index (χ2n) is 42.8. The number of carbonyl (C=O) groups is 15. The number of fused-ring (bicyclic) bond motifs is 5. The van der Waals surface area contributed by atoms with Gasteiger partial charge in [-0.25, -0.2) is 14.4 Å². The lowest BCUT2D eigenvalue weighted by Gasteiger charge is -2.38. The number of rotatable bonds is 27. The van der Waals surface area contributed by atoms with Crippen LogP contribution in [0.5, 0.6) is 0 Å². The molecule has 15 fully saturated rings. The van der Waals surface area contributed by atoms with Crippen molar-refractivity contribution in [3.63, 3.8) is 0 Å². The fraction of sp³-hybridized carbons (Fsp3) is 0.853. The van der Waals surface area contributed by atoms with Gasteiger partial charge in [-0.2, -0.15) is 0 Å². The summed E-state index contributed by atoms with van der Waals surface area (Å²) in [5, 5.41) is 0. The molecule has 30 nitrogen and oxygen atoms in total. The minimum atomic E-state index is -1.39. The van der Waals surface area contributed by atoms with Gasteiger partial charge in [0, 0.05) is 58.7 Å². The van der Waals surface area contributed by atoms with E-state index in [1.54, 1.807) is 55.4 Å². The van der Waals surface area contributed by atoms with E-state index in [0.29, 0.717) is 51.4 Å². The average molecular weight is 1880 g/mol. The van der Waals surface area contributed by atoms with Gasteiger partial charge < -0.3 is 71.1 Å². The highest BCUT2D eigenvalue weighted by molar-refractivity contribution is 5.88. The van der Waals surface area contributed by atoms with Crippen molar-refractivity contribution in [2.45, 2.75) is 433 Å². The third-order valence-electron chi connectivity index (χ3n) is 31.2. The van der Waals surface area contributed by atoms with Crippen LogP contribution < -0.4 is 0 Å². The smallest absolute Gasteiger partial charge is 0.350 e. The summed E-state index contributed by atoms with van der Waals surface area (Å²) < 4.78 is 82.6. The third kappa shape index (κ3) is 22.6. The van der Waals surface area contributed by atoms with E-state index in [9.17, 15) is 71.9 Å². The minimum Gasteiger partial charge on any atom is -0.465 e. The van der Waals surface area contributed by atoms with E-state index in [-0.39, 0.29) is 261 Å². The molecule has 0 aromatic rings. The number of carbonyl (C=O) groups excluding carboxylic acids is 15. The molecule has 5 heterocycles. The van der Waals surface area contributed by atoms with Gasteiger partial charge in [-0.3, -0.25) is 57.5 Å². The predicted molar refractivity (Wildman–Crippen MR) is 495 cm³/mol. The van der Waals surface area contributed by atoms with E-state index in [1.807, 2.05) is 90.0 Å².